The third kappa shape index (κ3) is 3.47. The number of aliphatic hydroxyl groups is 1. The number of nitrogens with two attached hydrogens (primary N) is 1. The Kier molecular flexibility index (Phi) is 4.94. The fraction of sp³-hybridized carbons (Fsp3) is 0.667. The summed E-state index contributed by atoms with van der Waals surface area (Å²) in [6.45, 7) is 1.86. The number of rotatable bonds is 6. The quantitative estimate of drug-likeness (QED) is 0.845. The lowest BCUT2D eigenvalue weighted by molar-refractivity contribution is 0.0723. The second-order valence-electron chi connectivity index (χ2n) is 6.68. The maximum atomic E-state index is 9.41. The Morgan fingerprint density at radius 2 is 1.86 bits per heavy atom. The van der Waals surface area contributed by atoms with Gasteiger partial charge in [-0.15, -0.1) is 0 Å². The van der Waals surface area contributed by atoms with Crippen molar-refractivity contribution >= 4 is 0 Å². The monoisotopic (exact) mass is 288 g/mol. The maximum Gasteiger partial charge on any atom is 0.0558 e. The van der Waals surface area contributed by atoms with Gasteiger partial charge >= 0.3 is 0 Å². The Morgan fingerprint density at radius 1 is 1.10 bits per heavy atom. The summed E-state index contributed by atoms with van der Waals surface area (Å²) in [7, 11) is 0. The minimum absolute atomic E-state index is 0.264. The molecule has 2 saturated carbocycles. The predicted molar refractivity (Wildman–Crippen MR) is 86.2 cm³/mol. The summed E-state index contributed by atoms with van der Waals surface area (Å²) in [5, 5.41) is 9.41. The average Bonchev–Trinajstić information content (AvgIpc) is 3.38. The lowest BCUT2D eigenvalue weighted by Gasteiger charge is -2.43. The minimum Gasteiger partial charge on any atom is -0.395 e. The van der Waals surface area contributed by atoms with E-state index < -0.39 is 0 Å². The smallest absolute Gasteiger partial charge is 0.0558 e. The molecule has 0 aliphatic heterocycles. The fourth-order valence-electron chi connectivity index (χ4n) is 4.06. The molecule has 0 spiro atoms. The molecule has 3 unspecified atom stereocenters. The van der Waals surface area contributed by atoms with Crippen molar-refractivity contribution in [1.29, 1.82) is 0 Å². The molecule has 3 rings (SSSR count). The van der Waals surface area contributed by atoms with E-state index in [1.807, 2.05) is 0 Å². The highest BCUT2D eigenvalue weighted by Gasteiger charge is 2.40. The molecule has 0 saturated heterocycles. The van der Waals surface area contributed by atoms with Crippen molar-refractivity contribution in [2.75, 3.05) is 19.7 Å². The first-order chi connectivity index (χ1) is 10.3. The zero-order valence-corrected chi connectivity index (χ0v) is 12.8. The van der Waals surface area contributed by atoms with Crippen LogP contribution in [-0.4, -0.2) is 41.8 Å². The molecule has 3 N–H and O–H groups in total. The van der Waals surface area contributed by atoms with Gasteiger partial charge in [0.2, 0.25) is 0 Å². The molecule has 0 amide bonds. The summed E-state index contributed by atoms with van der Waals surface area (Å²) in [6, 6.07) is 12.2. The van der Waals surface area contributed by atoms with E-state index in [0.29, 0.717) is 23.9 Å². The largest absolute Gasteiger partial charge is 0.395 e. The zero-order valence-electron chi connectivity index (χ0n) is 12.8. The van der Waals surface area contributed by atoms with Gasteiger partial charge in [-0.2, -0.15) is 0 Å². The third-order valence-electron chi connectivity index (χ3n) is 5.33. The van der Waals surface area contributed by atoms with Crippen molar-refractivity contribution in [3.05, 3.63) is 35.9 Å². The Balaban J connectivity index is 1.75. The van der Waals surface area contributed by atoms with Gasteiger partial charge in [0.25, 0.3) is 0 Å². The predicted octanol–water partition coefficient (Wildman–Crippen LogP) is 2.35. The van der Waals surface area contributed by atoms with E-state index in [2.05, 4.69) is 35.2 Å². The van der Waals surface area contributed by atoms with Gasteiger partial charge in [0.05, 0.1) is 6.61 Å². The summed E-state index contributed by atoms with van der Waals surface area (Å²) in [6.07, 6.45) is 6.26. The van der Waals surface area contributed by atoms with E-state index in [1.165, 1.54) is 37.7 Å². The highest BCUT2D eigenvalue weighted by Crippen LogP contribution is 2.41. The van der Waals surface area contributed by atoms with Gasteiger partial charge < -0.3 is 10.8 Å². The summed E-state index contributed by atoms with van der Waals surface area (Å²) in [4.78, 5) is 2.56. The molecule has 21 heavy (non-hydrogen) atoms. The van der Waals surface area contributed by atoms with Crippen LogP contribution in [0.15, 0.2) is 30.3 Å². The number of aliphatic hydroxyl groups excluding tert-OH is 1. The van der Waals surface area contributed by atoms with Crippen molar-refractivity contribution < 1.29 is 5.11 Å². The Bertz CT molecular complexity index is 432. The van der Waals surface area contributed by atoms with Crippen molar-refractivity contribution in [1.82, 2.24) is 4.90 Å². The molecule has 2 aliphatic carbocycles. The standard InChI is InChI=1S/C18H28N2O/c19-13-16-7-6-15(14-4-2-1-3-5-14)12-18(16)20(10-11-21)17-8-9-17/h1-5,15-18,21H,6-13,19H2. The molecule has 0 bridgehead atoms. The van der Waals surface area contributed by atoms with Gasteiger partial charge in [-0.05, 0) is 56.0 Å². The molecule has 2 aliphatic rings. The summed E-state index contributed by atoms with van der Waals surface area (Å²) in [5.74, 6) is 1.25. The molecular formula is C18H28N2O. The lowest BCUT2D eigenvalue weighted by atomic mass is 9.74. The Labute approximate surface area is 128 Å². The Morgan fingerprint density at radius 3 is 2.48 bits per heavy atom. The van der Waals surface area contributed by atoms with Crippen LogP contribution in [0.2, 0.25) is 0 Å². The summed E-state index contributed by atoms with van der Waals surface area (Å²) < 4.78 is 0. The second kappa shape index (κ2) is 6.91. The SMILES string of the molecule is NCC1CCC(c2ccccc2)CC1N(CCO)C1CC1. The highest BCUT2D eigenvalue weighted by molar-refractivity contribution is 5.20. The van der Waals surface area contributed by atoms with Crippen LogP contribution >= 0.6 is 0 Å². The number of hydrogen-bond acceptors (Lipinski definition) is 3. The lowest BCUT2D eigenvalue weighted by Crippen LogP contribution is -2.48. The van der Waals surface area contributed by atoms with E-state index in [0.717, 1.165) is 13.1 Å². The highest BCUT2D eigenvalue weighted by atomic mass is 16.3. The molecule has 116 valence electrons. The molecule has 2 fully saturated rings. The maximum absolute atomic E-state index is 9.41. The molecular weight excluding hydrogens is 260 g/mol. The first-order valence-electron chi connectivity index (χ1n) is 8.45. The molecule has 3 heteroatoms. The first kappa shape index (κ1) is 15.0. The molecule has 3 atom stereocenters. The van der Waals surface area contributed by atoms with Crippen molar-refractivity contribution in [3.63, 3.8) is 0 Å². The zero-order chi connectivity index (χ0) is 14.7. The van der Waals surface area contributed by atoms with Gasteiger partial charge in [-0.3, -0.25) is 4.90 Å². The van der Waals surface area contributed by atoms with Crippen molar-refractivity contribution in [2.45, 2.75) is 50.1 Å². The van der Waals surface area contributed by atoms with Crippen molar-refractivity contribution in [2.24, 2.45) is 11.7 Å². The minimum atomic E-state index is 0.264. The summed E-state index contributed by atoms with van der Waals surface area (Å²) >= 11 is 0. The van der Waals surface area contributed by atoms with Gasteiger partial charge in [0.15, 0.2) is 0 Å². The van der Waals surface area contributed by atoms with Gasteiger partial charge in [-0.1, -0.05) is 30.3 Å². The van der Waals surface area contributed by atoms with Gasteiger partial charge in [0.1, 0.15) is 0 Å². The van der Waals surface area contributed by atoms with Crippen molar-refractivity contribution in [3.8, 4) is 0 Å². The number of nitrogens with zero attached hydrogens (tertiary/aromatic N) is 1. The van der Waals surface area contributed by atoms with Crippen LogP contribution in [0.25, 0.3) is 0 Å². The summed E-state index contributed by atoms with van der Waals surface area (Å²) in [5.41, 5.74) is 7.51. The van der Waals surface area contributed by atoms with E-state index >= 15 is 0 Å². The molecule has 3 nitrogen and oxygen atoms in total. The normalized spacial score (nSPS) is 29.8. The van der Waals surface area contributed by atoms with Gasteiger partial charge in [0, 0.05) is 18.6 Å². The molecule has 0 aromatic heterocycles. The van der Waals surface area contributed by atoms with Crippen LogP contribution in [0.3, 0.4) is 0 Å². The van der Waals surface area contributed by atoms with E-state index in [9.17, 15) is 5.11 Å². The van der Waals surface area contributed by atoms with E-state index in [4.69, 9.17) is 5.73 Å². The third-order valence-corrected chi connectivity index (χ3v) is 5.33. The van der Waals surface area contributed by atoms with Crippen LogP contribution in [0.4, 0.5) is 0 Å². The van der Waals surface area contributed by atoms with Crippen LogP contribution < -0.4 is 5.73 Å². The molecule has 1 aromatic carbocycles. The van der Waals surface area contributed by atoms with Crippen LogP contribution in [-0.2, 0) is 0 Å². The van der Waals surface area contributed by atoms with Crippen LogP contribution in [0.1, 0.15) is 43.6 Å². The molecule has 0 heterocycles. The second-order valence-corrected chi connectivity index (χ2v) is 6.68. The van der Waals surface area contributed by atoms with Crippen LogP contribution in [0, 0.1) is 5.92 Å². The molecule has 1 aromatic rings. The topological polar surface area (TPSA) is 49.5 Å². The molecule has 0 radical (unpaired) electrons. The Hall–Kier alpha value is -0.900. The number of benzene rings is 1. The van der Waals surface area contributed by atoms with E-state index in [-0.39, 0.29) is 6.61 Å². The fourth-order valence-corrected chi connectivity index (χ4v) is 4.06. The van der Waals surface area contributed by atoms with E-state index in [1.54, 1.807) is 0 Å². The first-order valence-corrected chi connectivity index (χ1v) is 8.45. The number of hydrogen-bond donors (Lipinski definition) is 2. The van der Waals surface area contributed by atoms with Crippen LogP contribution in [0.5, 0.6) is 0 Å². The average molecular weight is 288 g/mol. The van der Waals surface area contributed by atoms with Gasteiger partial charge in [-0.25, -0.2) is 0 Å².